The highest BCUT2D eigenvalue weighted by molar-refractivity contribution is 6.34. The normalized spacial score (nSPS) is 10.0. The molecule has 0 saturated heterocycles. The molecule has 3 N–H and O–H groups in total. The van der Waals surface area contributed by atoms with Crippen molar-refractivity contribution in [2.75, 3.05) is 18.2 Å². The van der Waals surface area contributed by atoms with Crippen molar-refractivity contribution in [3.8, 4) is 5.75 Å². The average molecular weight is 277 g/mol. The number of carbonyl (C=O) groups is 1. The van der Waals surface area contributed by atoms with Crippen LogP contribution in [0.4, 0.5) is 11.4 Å². The van der Waals surface area contributed by atoms with Gasteiger partial charge in [0.2, 0.25) is 0 Å². The van der Waals surface area contributed by atoms with Crippen LogP contribution in [0.3, 0.4) is 0 Å². The van der Waals surface area contributed by atoms with E-state index in [4.69, 9.17) is 22.1 Å². The van der Waals surface area contributed by atoms with Gasteiger partial charge in [0.15, 0.2) is 0 Å². The number of benzene rings is 2. The molecule has 98 valence electrons. The molecule has 0 fully saturated rings. The highest BCUT2D eigenvalue weighted by Crippen LogP contribution is 2.25. The van der Waals surface area contributed by atoms with E-state index in [2.05, 4.69) is 5.32 Å². The summed E-state index contributed by atoms with van der Waals surface area (Å²) in [7, 11) is 1.55. The molecule has 0 aliphatic rings. The smallest absolute Gasteiger partial charge is 0.255 e. The first-order valence-corrected chi connectivity index (χ1v) is 5.98. The Labute approximate surface area is 116 Å². The van der Waals surface area contributed by atoms with E-state index < -0.39 is 0 Å². The number of hydrogen-bond donors (Lipinski definition) is 2. The van der Waals surface area contributed by atoms with Crippen LogP contribution in [0.15, 0.2) is 42.5 Å². The zero-order chi connectivity index (χ0) is 13.8. The van der Waals surface area contributed by atoms with E-state index in [9.17, 15) is 4.79 Å². The van der Waals surface area contributed by atoms with Crippen LogP contribution in [-0.2, 0) is 0 Å². The second kappa shape index (κ2) is 5.63. The predicted molar refractivity (Wildman–Crippen MR) is 76.8 cm³/mol. The number of methoxy groups -OCH3 is 1. The Morgan fingerprint density at radius 1 is 1.26 bits per heavy atom. The van der Waals surface area contributed by atoms with Crippen molar-refractivity contribution < 1.29 is 9.53 Å². The first-order valence-electron chi connectivity index (χ1n) is 5.60. The molecular formula is C14H13ClN2O2. The molecule has 2 aromatic carbocycles. The number of amides is 1. The molecule has 19 heavy (non-hydrogen) atoms. The van der Waals surface area contributed by atoms with E-state index in [0.717, 1.165) is 0 Å². The molecule has 0 aliphatic carbocycles. The lowest BCUT2D eigenvalue weighted by Crippen LogP contribution is -2.12. The number of anilines is 2. The molecular weight excluding hydrogens is 264 g/mol. The lowest BCUT2D eigenvalue weighted by molar-refractivity contribution is 0.102. The third-order valence-corrected chi connectivity index (χ3v) is 2.90. The van der Waals surface area contributed by atoms with Crippen molar-refractivity contribution in [3.05, 3.63) is 53.1 Å². The van der Waals surface area contributed by atoms with Gasteiger partial charge in [-0.2, -0.15) is 0 Å². The van der Waals surface area contributed by atoms with Crippen LogP contribution in [0.1, 0.15) is 10.4 Å². The van der Waals surface area contributed by atoms with Gasteiger partial charge in [0.1, 0.15) is 5.75 Å². The van der Waals surface area contributed by atoms with E-state index in [1.807, 2.05) is 0 Å². The fraction of sp³-hybridized carbons (Fsp3) is 0.0714. The van der Waals surface area contributed by atoms with Gasteiger partial charge in [-0.25, -0.2) is 0 Å². The van der Waals surface area contributed by atoms with Crippen molar-refractivity contribution in [2.45, 2.75) is 0 Å². The second-order valence-electron chi connectivity index (χ2n) is 3.93. The molecule has 5 heteroatoms. The van der Waals surface area contributed by atoms with Crippen LogP contribution in [-0.4, -0.2) is 13.0 Å². The van der Waals surface area contributed by atoms with Crippen LogP contribution in [0, 0.1) is 0 Å². The van der Waals surface area contributed by atoms with Gasteiger partial charge in [0.25, 0.3) is 5.91 Å². The summed E-state index contributed by atoms with van der Waals surface area (Å²) in [5, 5.41) is 3.15. The summed E-state index contributed by atoms with van der Waals surface area (Å²) >= 11 is 5.99. The minimum atomic E-state index is -0.272. The van der Waals surface area contributed by atoms with Crippen molar-refractivity contribution >= 4 is 28.9 Å². The van der Waals surface area contributed by atoms with Crippen molar-refractivity contribution in [3.63, 3.8) is 0 Å². The first kappa shape index (κ1) is 13.2. The maximum atomic E-state index is 12.1. The molecule has 0 bridgehead atoms. The fourth-order valence-electron chi connectivity index (χ4n) is 1.60. The van der Waals surface area contributed by atoms with Gasteiger partial charge >= 0.3 is 0 Å². The number of hydrogen-bond acceptors (Lipinski definition) is 3. The average Bonchev–Trinajstić information content (AvgIpc) is 2.43. The second-order valence-corrected chi connectivity index (χ2v) is 4.33. The zero-order valence-corrected chi connectivity index (χ0v) is 11.1. The van der Waals surface area contributed by atoms with E-state index in [1.54, 1.807) is 49.6 Å². The number of carbonyl (C=O) groups excluding carboxylic acids is 1. The third-order valence-electron chi connectivity index (χ3n) is 2.57. The van der Waals surface area contributed by atoms with E-state index >= 15 is 0 Å². The molecule has 4 nitrogen and oxygen atoms in total. The lowest BCUT2D eigenvalue weighted by atomic mass is 10.2. The van der Waals surface area contributed by atoms with Gasteiger partial charge in [0, 0.05) is 11.3 Å². The maximum Gasteiger partial charge on any atom is 0.255 e. The van der Waals surface area contributed by atoms with Crippen LogP contribution < -0.4 is 15.8 Å². The summed E-state index contributed by atoms with van der Waals surface area (Å²) in [6, 6.07) is 11.8. The standard InChI is InChI=1S/C14H13ClN2O2/c1-19-11-4-2-3-9(7-11)14(18)17-13-8-10(16)5-6-12(13)15/h2-8H,16H2,1H3,(H,17,18). The van der Waals surface area contributed by atoms with Gasteiger partial charge < -0.3 is 15.8 Å². The molecule has 2 rings (SSSR count). The fourth-order valence-corrected chi connectivity index (χ4v) is 1.76. The molecule has 0 aromatic heterocycles. The predicted octanol–water partition coefficient (Wildman–Crippen LogP) is 3.18. The number of nitrogen functional groups attached to an aromatic ring is 1. The van der Waals surface area contributed by atoms with Gasteiger partial charge in [-0.05, 0) is 36.4 Å². The number of nitrogens with two attached hydrogens (primary N) is 1. The summed E-state index contributed by atoms with van der Waals surface area (Å²) in [6.45, 7) is 0. The first-order chi connectivity index (χ1) is 9.10. The number of ether oxygens (including phenoxy) is 1. The minimum Gasteiger partial charge on any atom is -0.497 e. The molecule has 0 unspecified atom stereocenters. The monoisotopic (exact) mass is 276 g/mol. The molecule has 0 aliphatic heterocycles. The Morgan fingerprint density at radius 2 is 2.05 bits per heavy atom. The largest absolute Gasteiger partial charge is 0.497 e. The number of halogens is 1. The molecule has 1 amide bonds. The molecule has 0 heterocycles. The molecule has 2 aromatic rings. The Balaban J connectivity index is 2.22. The highest BCUT2D eigenvalue weighted by Gasteiger charge is 2.09. The van der Waals surface area contributed by atoms with Crippen molar-refractivity contribution in [1.29, 1.82) is 0 Å². The van der Waals surface area contributed by atoms with Gasteiger partial charge in [-0.3, -0.25) is 4.79 Å². The summed E-state index contributed by atoms with van der Waals surface area (Å²) in [5.41, 5.74) is 7.16. The van der Waals surface area contributed by atoms with E-state index in [0.29, 0.717) is 27.7 Å². The van der Waals surface area contributed by atoms with Crippen LogP contribution in [0.2, 0.25) is 5.02 Å². The van der Waals surface area contributed by atoms with Crippen LogP contribution in [0.5, 0.6) is 5.75 Å². The number of nitrogens with one attached hydrogen (secondary N) is 1. The Bertz CT molecular complexity index is 614. The number of rotatable bonds is 3. The van der Waals surface area contributed by atoms with Gasteiger partial charge in [0.05, 0.1) is 17.8 Å². The highest BCUT2D eigenvalue weighted by atomic mass is 35.5. The lowest BCUT2D eigenvalue weighted by Gasteiger charge is -2.09. The maximum absolute atomic E-state index is 12.1. The summed E-state index contributed by atoms with van der Waals surface area (Å²) < 4.78 is 5.07. The molecule has 0 atom stereocenters. The Morgan fingerprint density at radius 3 is 2.79 bits per heavy atom. The Hall–Kier alpha value is -2.20. The van der Waals surface area contributed by atoms with Crippen LogP contribution >= 0.6 is 11.6 Å². The molecule has 0 spiro atoms. The van der Waals surface area contributed by atoms with E-state index in [1.165, 1.54) is 0 Å². The molecule has 0 saturated carbocycles. The topological polar surface area (TPSA) is 64.3 Å². The van der Waals surface area contributed by atoms with E-state index in [-0.39, 0.29) is 5.91 Å². The summed E-state index contributed by atoms with van der Waals surface area (Å²) in [6.07, 6.45) is 0. The summed E-state index contributed by atoms with van der Waals surface area (Å²) in [4.78, 5) is 12.1. The van der Waals surface area contributed by atoms with Gasteiger partial charge in [-0.15, -0.1) is 0 Å². The Kier molecular flexibility index (Phi) is 3.92. The van der Waals surface area contributed by atoms with Crippen LogP contribution in [0.25, 0.3) is 0 Å². The van der Waals surface area contributed by atoms with Gasteiger partial charge in [-0.1, -0.05) is 17.7 Å². The SMILES string of the molecule is COc1cccc(C(=O)Nc2cc(N)ccc2Cl)c1. The zero-order valence-electron chi connectivity index (χ0n) is 10.3. The third kappa shape index (κ3) is 3.17. The van der Waals surface area contributed by atoms with Crippen molar-refractivity contribution in [2.24, 2.45) is 0 Å². The molecule has 0 radical (unpaired) electrons. The van der Waals surface area contributed by atoms with Crippen molar-refractivity contribution in [1.82, 2.24) is 0 Å². The summed E-state index contributed by atoms with van der Waals surface area (Å²) in [5.74, 6) is 0.345. The quantitative estimate of drug-likeness (QED) is 0.846. The minimum absolute atomic E-state index is 0.272.